The van der Waals surface area contributed by atoms with E-state index in [1.165, 1.54) is 0 Å². The number of aliphatic hydroxyl groups excluding tert-OH is 1. The first kappa shape index (κ1) is 14.4. The van der Waals surface area contributed by atoms with Gasteiger partial charge in [0, 0.05) is 25.0 Å². The van der Waals surface area contributed by atoms with Gasteiger partial charge >= 0.3 is 0 Å². The van der Waals surface area contributed by atoms with Gasteiger partial charge in [0.05, 0.1) is 0 Å². The lowest BCUT2D eigenvalue weighted by Gasteiger charge is -2.25. The van der Waals surface area contributed by atoms with Crippen molar-refractivity contribution < 1.29 is 9.90 Å². The molecule has 0 aromatic rings. The number of amides is 1. The monoisotopic (exact) mass is 216 g/mol. The highest BCUT2D eigenvalue weighted by Crippen LogP contribution is 2.18. The highest BCUT2D eigenvalue weighted by atomic mass is 16.3. The fraction of sp³-hybridized carbons (Fsp3) is 0.909. The summed E-state index contributed by atoms with van der Waals surface area (Å²) in [7, 11) is 0. The van der Waals surface area contributed by atoms with Gasteiger partial charge in [-0.05, 0) is 25.8 Å². The SMILES string of the molecule is CCC(C)(CO)CNCCCCC(N)=O. The van der Waals surface area contributed by atoms with Crippen LogP contribution in [0.15, 0.2) is 0 Å². The van der Waals surface area contributed by atoms with E-state index in [1.54, 1.807) is 0 Å². The van der Waals surface area contributed by atoms with Crippen LogP contribution in [0.2, 0.25) is 0 Å². The largest absolute Gasteiger partial charge is 0.396 e. The lowest BCUT2D eigenvalue weighted by atomic mass is 9.88. The molecule has 0 aliphatic carbocycles. The molecule has 0 rings (SSSR count). The van der Waals surface area contributed by atoms with E-state index in [4.69, 9.17) is 10.8 Å². The fourth-order valence-corrected chi connectivity index (χ4v) is 1.23. The number of unbranched alkanes of at least 4 members (excludes halogenated alkanes) is 1. The first-order valence-corrected chi connectivity index (χ1v) is 5.64. The minimum atomic E-state index is -0.233. The molecular formula is C11H24N2O2. The summed E-state index contributed by atoms with van der Waals surface area (Å²) in [6, 6.07) is 0. The normalized spacial score (nSPS) is 14.9. The highest BCUT2D eigenvalue weighted by Gasteiger charge is 2.19. The van der Waals surface area contributed by atoms with Crippen LogP contribution in [0.25, 0.3) is 0 Å². The summed E-state index contributed by atoms with van der Waals surface area (Å²) in [5.41, 5.74) is 5.00. The fourth-order valence-electron chi connectivity index (χ4n) is 1.23. The van der Waals surface area contributed by atoms with Gasteiger partial charge in [0.25, 0.3) is 0 Å². The summed E-state index contributed by atoms with van der Waals surface area (Å²) in [6.07, 6.45) is 3.21. The summed E-state index contributed by atoms with van der Waals surface area (Å²) in [5, 5.41) is 12.4. The predicted octanol–water partition coefficient (Wildman–Crippen LogP) is 0.640. The summed E-state index contributed by atoms with van der Waals surface area (Å²) in [4.78, 5) is 10.5. The summed E-state index contributed by atoms with van der Waals surface area (Å²) >= 11 is 0. The van der Waals surface area contributed by atoms with Gasteiger partial charge < -0.3 is 16.2 Å². The molecule has 4 N–H and O–H groups in total. The van der Waals surface area contributed by atoms with Crippen LogP contribution in [0.3, 0.4) is 0 Å². The Hall–Kier alpha value is -0.610. The minimum Gasteiger partial charge on any atom is -0.396 e. The maximum absolute atomic E-state index is 10.5. The van der Waals surface area contributed by atoms with Crippen LogP contribution in [0, 0.1) is 5.41 Å². The Bertz CT molecular complexity index is 179. The van der Waals surface area contributed by atoms with Gasteiger partial charge in [-0.25, -0.2) is 0 Å². The molecule has 0 aromatic heterocycles. The van der Waals surface area contributed by atoms with Gasteiger partial charge in [-0.2, -0.15) is 0 Å². The molecule has 90 valence electrons. The van der Waals surface area contributed by atoms with E-state index < -0.39 is 0 Å². The summed E-state index contributed by atoms with van der Waals surface area (Å²) in [6.45, 7) is 6.03. The highest BCUT2D eigenvalue weighted by molar-refractivity contribution is 5.73. The van der Waals surface area contributed by atoms with Crippen molar-refractivity contribution in [1.29, 1.82) is 0 Å². The number of carbonyl (C=O) groups is 1. The maximum atomic E-state index is 10.5. The third-order valence-corrected chi connectivity index (χ3v) is 2.81. The molecule has 0 spiro atoms. The average Bonchev–Trinajstić information content (AvgIpc) is 2.22. The van der Waals surface area contributed by atoms with Crippen LogP contribution in [0.5, 0.6) is 0 Å². The smallest absolute Gasteiger partial charge is 0.217 e. The van der Waals surface area contributed by atoms with E-state index >= 15 is 0 Å². The zero-order valence-electron chi connectivity index (χ0n) is 9.88. The van der Waals surface area contributed by atoms with Crippen molar-refractivity contribution >= 4 is 5.91 Å². The Morgan fingerprint density at radius 2 is 2.13 bits per heavy atom. The molecular weight excluding hydrogens is 192 g/mol. The van der Waals surface area contributed by atoms with Crippen molar-refractivity contribution in [2.75, 3.05) is 19.7 Å². The number of hydrogen-bond acceptors (Lipinski definition) is 3. The van der Waals surface area contributed by atoms with Gasteiger partial charge in [-0.15, -0.1) is 0 Å². The number of primary amides is 1. The topological polar surface area (TPSA) is 75.3 Å². The van der Waals surface area contributed by atoms with E-state index in [1.807, 2.05) is 0 Å². The van der Waals surface area contributed by atoms with Gasteiger partial charge in [-0.1, -0.05) is 13.8 Å². The Balaban J connectivity index is 3.41. The van der Waals surface area contributed by atoms with Crippen molar-refractivity contribution in [2.24, 2.45) is 11.1 Å². The number of nitrogens with two attached hydrogens (primary N) is 1. The first-order chi connectivity index (χ1) is 7.04. The van der Waals surface area contributed by atoms with Crippen LogP contribution in [0.4, 0.5) is 0 Å². The number of aliphatic hydroxyl groups is 1. The zero-order chi connectivity index (χ0) is 11.7. The van der Waals surface area contributed by atoms with Crippen LogP contribution >= 0.6 is 0 Å². The number of nitrogens with one attached hydrogen (secondary N) is 1. The van der Waals surface area contributed by atoms with Crippen LogP contribution in [-0.4, -0.2) is 30.7 Å². The molecule has 0 saturated carbocycles. The van der Waals surface area contributed by atoms with E-state index in [0.29, 0.717) is 6.42 Å². The second kappa shape index (κ2) is 7.65. The molecule has 0 aromatic carbocycles. The Morgan fingerprint density at radius 1 is 1.47 bits per heavy atom. The molecule has 1 atom stereocenters. The first-order valence-electron chi connectivity index (χ1n) is 5.64. The molecule has 4 heteroatoms. The molecule has 0 aliphatic rings. The van der Waals surface area contributed by atoms with E-state index in [-0.39, 0.29) is 17.9 Å². The Labute approximate surface area is 92.2 Å². The van der Waals surface area contributed by atoms with Crippen molar-refractivity contribution in [3.8, 4) is 0 Å². The molecule has 0 bridgehead atoms. The number of rotatable bonds is 9. The van der Waals surface area contributed by atoms with Gasteiger partial charge in [0.15, 0.2) is 0 Å². The lowest BCUT2D eigenvalue weighted by molar-refractivity contribution is -0.118. The standard InChI is InChI=1S/C11H24N2O2/c1-3-11(2,9-14)8-13-7-5-4-6-10(12)15/h13-14H,3-9H2,1-2H3,(H2,12,15). The summed E-state index contributed by atoms with van der Waals surface area (Å²) < 4.78 is 0. The van der Waals surface area contributed by atoms with Gasteiger partial charge in [-0.3, -0.25) is 4.79 Å². The van der Waals surface area contributed by atoms with Gasteiger partial charge in [0.2, 0.25) is 5.91 Å². The molecule has 0 heterocycles. The second-order valence-electron chi connectivity index (χ2n) is 4.42. The Kier molecular flexibility index (Phi) is 7.34. The van der Waals surface area contributed by atoms with Crippen molar-refractivity contribution in [3.05, 3.63) is 0 Å². The molecule has 4 nitrogen and oxygen atoms in total. The quantitative estimate of drug-likeness (QED) is 0.495. The molecule has 0 radical (unpaired) electrons. The Morgan fingerprint density at radius 3 is 2.60 bits per heavy atom. The number of carbonyl (C=O) groups excluding carboxylic acids is 1. The third-order valence-electron chi connectivity index (χ3n) is 2.81. The lowest BCUT2D eigenvalue weighted by Crippen LogP contribution is -2.34. The molecule has 1 amide bonds. The van der Waals surface area contributed by atoms with E-state index in [2.05, 4.69) is 19.2 Å². The zero-order valence-corrected chi connectivity index (χ0v) is 9.88. The van der Waals surface area contributed by atoms with Gasteiger partial charge in [0.1, 0.15) is 0 Å². The molecule has 0 aliphatic heterocycles. The van der Waals surface area contributed by atoms with E-state index in [9.17, 15) is 4.79 Å². The second-order valence-corrected chi connectivity index (χ2v) is 4.42. The maximum Gasteiger partial charge on any atom is 0.217 e. The summed E-state index contributed by atoms with van der Waals surface area (Å²) in [5.74, 6) is -0.233. The van der Waals surface area contributed by atoms with Crippen molar-refractivity contribution in [1.82, 2.24) is 5.32 Å². The molecule has 15 heavy (non-hydrogen) atoms. The van der Waals surface area contributed by atoms with Crippen molar-refractivity contribution in [2.45, 2.75) is 39.5 Å². The average molecular weight is 216 g/mol. The minimum absolute atomic E-state index is 0.0241. The molecule has 1 unspecified atom stereocenters. The van der Waals surface area contributed by atoms with Crippen LogP contribution < -0.4 is 11.1 Å². The number of hydrogen-bond donors (Lipinski definition) is 3. The van der Waals surface area contributed by atoms with E-state index in [0.717, 1.165) is 32.4 Å². The van der Waals surface area contributed by atoms with Crippen LogP contribution in [-0.2, 0) is 4.79 Å². The molecule has 0 fully saturated rings. The predicted molar refractivity (Wildman–Crippen MR) is 61.4 cm³/mol. The van der Waals surface area contributed by atoms with Crippen molar-refractivity contribution in [3.63, 3.8) is 0 Å². The molecule has 0 saturated heterocycles. The third kappa shape index (κ3) is 7.33. The van der Waals surface area contributed by atoms with Crippen LogP contribution in [0.1, 0.15) is 39.5 Å².